The number of amides is 1. The summed E-state index contributed by atoms with van der Waals surface area (Å²) in [6.07, 6.45) is 1.48. The van der Waals surface area contributed by atoms with Crippen LogP contribution >= 0.6 is 0 Å². The summed E-state index contributed by atoms with van der Waals surface area (Å²) in [5.74, 6) is 0.0983. The zero-order valence-corrected chi connectivity index (χ0v) is 16.7. The lowest BCUT2D eigenvalue weighted by Crippen LogP contribution is -2.38. The van der Waals surface area contributed by atoms with Crippen LogP contribution in [0.3, 0.4) is 0 Å². The van der Waals surface area contributed by atoms with Gasteiger partial charge in [-0.25, -0.2) is 4.98 Å². The molecule has 30 heavy (non-hydrogen) atoms. The second-order valence-corrected chi connectivity index (χ2v) is 6.51. The van der Waals surface area contributed by atoms with E-state index in [1.54, 1.807) is 19.1 Å². The number of aromatic nitrogens is 1. The summed E-state index contributed by atoms with van der Waals surface area (Å²) in [5.41, 5.74) is 0.347. The quantitative estimate of drug-likeness (QED) is 0.489. The van der Waals surface area contributed by atoms with Crippen molar-refractivity contribution in [3.8, 4) is 11.6 Å². The molecular weight excluding hydrogens is 392 g/mol. The van der Waals surface area contributed by atoms with Crippen molar-refractivity contribution in [1.82, 2.24) is 9.88 Å². The Morgan fingerprint density at radius 2 is 2.07 bits per heavy atom. The minimum Gasteiger partial charge on any atom is -0.487 e. The Morgan fingerprint density at radius 1 is 1.27 bits per heavy atom. The smallest absolute Gasteiger partial charge is 0.311 e. The first-order valence-electron chi connectivity index (χ1n) is 9.68. The van der Waals surface area contributed by atoms with Crippen LogP contribution in [-0.4, -0.2) is 66.8 Å². The molecule has 0 unspecified atom stereocenters. The first kappa shape index (κ1) is 21.5. The monoisotopic (exact) mass is 416 g/mol. The van der Waals surface area contributed by atoms with Crippen molar-refractivity contribution in [2.45, 2.75) is 6.92 Å². The van der Waals surface area contributed by atoms with Crippen LogP contribution in [0.2, 0.25) is 0 Å². The molecule has 0 aliphatic carbocycles. The van der Waals surface area contributed by atoms with E-state index in [9.17, 15) is 14.9 Å². The molecule has 1 amide bonds. The predicted octanol–water partition coefficient (Wildman–Crippen LogP) is 2.35. The van der Waals surface area contributed by atoms with Gasteiger partial charge in [0, 0.05) is 37.3 Å². The van der Waals surface area contributed by atoms with Gasteiger partial charge in [-0.2, -0.15) is 0 Å². The van der Waals surface area contributed by atoms with E-state index in [1.807, 2.05) is 0 Å². The molecule has 0 bridgehead atoms. The Morgan fingerprint density at radius 3 is 2.73 bits per heavy atom. The maximum Gasteiger partial charge on any atom is 0.311 e. The van der Waals surface area contributed by atoms with E-state index in [1.165, 1.54) is 24.4 Å². The fourth-order valence-corrected chi connectivity index (χ4v) is 2.93. The summed E-state index contributed by atoms with van der Waals surface area (Å²) in [4.78, 5) is 29.5. The number of nitro groups is 1. The van der Waals surface area contributed by atoms with Crippen LogP contribution in [0.1, 0.15) is 17.3 Å². The van der Waals surface area contributed by atoms with Crippen LogP contribution in [0.25, 0.3) is 0 Å². The topological polar surface area (TPSA) is 116 Å². The molecule has 1 fully saturated rings. The standard InChI is InChI=1S/C20H24N4O6/c1-2-29-18-5-3-15(13-17(18)24(26)27)20(25)22-16-4-6-19(21-14-16)30-12-9-23-7-10-28-11-8-23/h3-6,13-14H,2,7-12H2,1H3,(H,22,25). The molecule has 1 aromatic carbocycles. The van der Waals surface area contributed by atoms with Crippen molar-refractivity contribution in [2.75, 3.05) is 51.4 Å². The fraction of sp³-hybridized carbons (Fsp3) is 0.400. The lowest BCUT2D eigenvalue weighted by atomic mass is 10.1. The lowest BCUT2D eigenvalue weighted by molar-refractivity contribution is -0.385. The minimum absolute atomic E-state index is 0.124. The van der Waals surface area contributed by atoms with Gasteiger partial charge in [-0.15, -0.1) is 0 Å². The zero-order chi connectivity index (χ0) is 21.3. The van der Waals surface area contributed by atoms with E-state index in [2.05, 4.69) is 15.2 Å². The van der Waals surface area contributed by atoms with Gasteiger partial charge in [0.2, 0.25) is 5.88 Å². The first-order valence-corrected chi connectivity index (χ1v) is 9.68. The molecule has 10 heteroatoms. The summed E-state index contributed by atoms with van der Waals surface area (Å²) in [6, 6.07) is 7.41. The second kappa shape index (κ2) is 10.5. The number of pyridine rings is 1. The van der Waals surface area contributed by atoms with E-state index in [0.29, 0.717) is 24.8 Å². The van der Waals surface area contributed by atoms with Crippen molar-refractivity contribution < 1.29 is 23.9 Å². The van der Waals surface area contributed by atoms with Crippen LogP contribution in [0.4, 0.5) is 11.4 Å². The minimum atomic E-state index is -0.577. The van der Waals surface area contributed by atoms with Crippen LogP contribution in [-0.2, 0) is 4.74 Å². The van der Waals surface area contributed by atoms with Crippen LogP contribution in [0.5, 0.6) is 11.6 Å². The summed E-state index contributed by atoms with van der Waals surface area (Å²) in [5, 5.41) is 13.9. The average Bonchev–Trinajstić information content (AvgIpc) is 2.76. The number of carbonyl (C=O) groups excluding carboxylic acids is 1. The predicted molar refractivity (Wildman–Crippen MR) is 109 cm³/mol. The highest BCUT2D eigenvalue weighted by Crippen LogP contribution is 2.28. The van der Waals surface area contributed by atoms with E-state index in [0.717, 1.165) is 32.8 Å². The molecule has 1 aliphatic heterocycles. The number of ether oxygens (including phenoxy) is 3. The Balaban J connectivity index is 1.55. The molecule has 0 radical (unpaired) electrons. The van der Waals surface area contributed by atoms with Gasteiger partial charge in [-0.05, 0) is 25.1 Å². The van der Waals surface area contributed by atoms with Crippen LogP contribution in [0.15, 0.2) is 36.5 Å². The Labute approximate surface area is 173 Å². The summed E-state index contributed by atoms with van der Waals surface area (Å²) < 4.78 is 16.2. The normalized spacial score (nSPS) is 14.2. The summed E-state index contributed by atoms with van der Waals surface area (Å²) >= 11 is 0. The molecule has 3 rings (SSSR count). The SMILES string of the molecule is CCOc1ccc(C(=O)Nc2ccc(OCCN3CCOCC3)nc2)cc1[N+](=O)[O-]. The van der Waals surface area contributed by atoms with Gasteiger partial charge < -0.3 is 19.5 Å². The molecule has 1 aromatic heterocycles. The molecule has 1 saturated heterocycles. The van der Waals surface area contributed by atoms with Gasteiger partial charge in [0.15, 0.2) is 5.75 Å². The summed E-state index contributed by atoms with van der Waals surface area (Å²) in [7, 11) is 0. The van der Waals surface area contributed by atoms with Crippen molar-refractivity contribution in [3.05, 3.63) is 52.2 Å². The lowest BCUT2D eigenvalue weighted by Gasteiger charge is -2.26. The molecular formula is C20H24N4O6. The highest BCUT2D eigenvalue weighted by molar-refractivity contribution is 6.04. The van der Waals surface area contributed by atoms with E-state index >= 15 is 0 Å². The number of anilines is 1. The Kier molecular flexibility index (Phi) is 7.52. The van der Waals surface area contributed by atoms with E-state index in [-0.39, 0.29) is 17.0 Å². The van der Waals surface area contributed by atoms with Crippen molar-refractivity contribution >= 4 is 17.3 Å². The van der Waals surface area contributed by atoms with Gasteiger partial charge in [0.25, 0.3) is 5.91 Å². The summed E-state index contributed by atoms with van der Waals surface area (Å²) in [6.45, 7) is 6.59. The molecule has 0 spiro atoms. The van der Waals surface area contributed by atoms with Crippen molar-refractivity contribution in [3.63, 3.8) is 0 Å². The van der Waals surface area contributed by atoms with E-state index < -0.39 is 10.8 Å². The van der Waals surface area contributed by atoms with Crippen LogP contribution < -0.4 is 14.8 Å². The number of nitro benzene ring substituents is 1. The Bertz CT molecular complexity index is 868. The molecule has 10 nitrogen and oxygen atoms in total. The number of nitrogens with zero attached hydrogens (tertiary/aromatic N) is 3. The average molecular weight is 416 g/mol. The molecule has 1 N–H and O–H groups in total. The zero-order valence-electron chi connectivity index (χ0n) is 16.7. The fourth-order valence-electron chi connectivity index (χ4n) is 2.93. The largest absolute Gasteiger partial charge is 0.487 e. The molecule has 1 aliphatic rings. The number of morpholine rings is 1. The molecule has 160 valence electrons. The number of hydrogen-bond acceptors (Lipinski definition) is 8. The first-order chi connectivity index (χ1) is 14.6. The van der Waals surface area contributed by atoms with Crippen molar-refractivity contribution in [2.24, 2.45) is 0 Å². The third kappa shape index (κ3) is 5.88. The third-order valence-corrected chi connectivity index (χ3v) is 4.47. The van der Waals surface area contributed by atoms with E-state index in [4.69, 9.17) is 14.2 Å². The highest BCUT2D eigenvalue weighted by Gasteiger charge is 2.19. The Hall–Kier alpha value is -3.24. The molecule has 0 saturated carbocycles. The van der Waals surface area contributed by atoms with Gasteiger partial charge in [0.1, 0.15) is 6.61 Å². The molecule has 0 atom stereocenters. The number of carbonyl (C=O) groups is 1. The van der Waals surface area contributed by atoms with Gasteiger partial charge in [-0.1, -0.05) is 0 Å². The highest BCUT2D eigenvalue weighted by atomic mass is 16.6. The van der Waals surface area contributed by atoms with Crippen LogP contribution in [0, 0.1) is 10.1 Å². The second-order valence-electron chi connectivity index (χ2n) is 6.51. The van der Waals surface area contributed by atoms with Gasteiger partial charge in [-0.3, -0.25) is 19.8 Å². The molecule has 2 heterocycles. The van der Waals surface area contributed by atoms with Crippen molar-refractivity contribution in [1.29, 1.82) is 0 Å². The van der Waals surface area contributed by atoms with Gasteiger partial charge in [0.05, 0.1) is 36.6 Å². The third-order valence-electron chi connectivity index (χ3n) is 4.47. The van der Waals surface area contributed by atoms with Gasteiger partial charge >= 0.3 is 5.69 Å². The number of hydrogen-bond donors (Lipinski definition) is 1. The maximum absolute atomic E-state index is 12.4. The number of nitrogens with one attached hydrogen (secondary N) is 1. The molecule has 2 aromatic rings. The number of rotatable bonds is 9. The number of benzene rings is 1. The maximum atomic E-state index is 12.4.